The zero-order valence-electron chi connectivity index (χ0n) is 10.2. The molecule has 0 bridgehead atoms. The van der Waals surface area contributed by atoms with Crippen molar-refractivity contribution in [2.45, 2.75) is 32.6 Å². The number of thiazole rings is 1. The highest BCUT2D eigenvalue weighted by Crippen LogP contribution is 2.30. The number of hydrogen-bond donors (Lipinski definition) is 1. The summed E-state index contributed by atoms with van der Waals surface area (Å²) in [5, 5.41) is 0.896. The minimum atomic E-state index is -0.314. The number of aromatic nitrogens is 1. The number of methoxy groups -OCH3 is 1. The molecule has 90 valence electrons. The minimum absolute atomic E-state index is 0.160. The molecule has 5 heteroatoms. The average molecular weight is 242 g/mol. The van der Waals surface area contributed by atoms with Crippen LogP contribution in [0.25, 0.3) is 0 Å². The molecule has 0 unspecified atom stereocenters. The Labute approximate surface area is 99.8 Å². The number of esters is 1. The number of nitrogens with zero attached hydrogens (tertiary/aromatic N) is 1. The number of rotatable bonds is 3. The molecule has 0 aliphatic carbocycles. The molecule has 1 aromatic heterocycles. The van der Waals surface area contributed by atoms with Crippen molar-refractivity contribution in [1.29, 1.82) is 0 Å². The molecule has 1 rings (SSSR count). The van der Waals surface area contributed by atoms with Gasteiger partial charge in [-0.2, -0.15) is 0 Å². The molecule has 2 N–H and O–H groups in total. The van der Waals surface area contributed by atoms with Crippen molar-refractivity contribution in [1.82, 2.24) is 4.98 Å². The van der Waals surface area contributed by atoms with E-state index in [1.165, 1.54) is 18.4 Å². The highest BCUT2D eigenvalue weighted by atomic mass is 32.1. The Bertz CT molecular complexity index is 380. The van der Waals surface area contributed by atoms with E-state index in [1.807, 2.05) is 20.8 Å². The summed E-state index contributed by atoms with van der Waals surface area (Å²) in [5.41, 5.74) is 6.13. The second kappa shape index (κ2) is 4.93. The summed E-state index contributed by atoms with van der Waals surface area (Å²) in [5.74, 6) is -0.314. The zero-order chi connectivity index (χ0) is 12.3. The van der Waals surface area contributed by atoms with Crippen molar-refractivity contribution in [3.8, 4) is 0 Å². The molecule has 0 spiro atoms. The first-order valence-electron chi connectivity index (χ1n) is 5.18. The first-order valence-corrected chi connectivity index (χ1v) is 6.00. The fraction of sp³-hybridized carbons (Fsp3) is 0.636. The molecule has 4 nitrogen and oxygen atoms in total. The van der Waals surface area contributed by atoms with Crippen molar-refractivity contribution >= 4 is 17.3 Å². The Hall–Kier alpha value is -0.940. The van der Waals surface area contributed by atoms with Crippen LogP contribution in [0.2, 0.25) is 0 Å². The zero-order valence-corrected chi connectivity index (χ0v) is 11.0. The molecular weight excluding hydrogens is 224 g/mol. The van der Waals surface area contributed by atoms with Gasteiger partial charge in [0, 0.05) is 11.8 Å². The van der Waals surface area contributed by atoms with Gasteiger partial charge in [0.1, 0.15) is 4.88 Å². The lowest BCUT2D eigenvalue weighted by molar-refractivity contribution is 0.0603. The lowest BCUT2D eigenvalue weighted by Crippen LogP contribution is -2.17. The fourth-order valence-electron chi connectivity index (χ4n) is 1.33. The molecular formula is C11H18N2O2S. The molecule has 16 heavy (non-hydrogen) atoms. The van der Waals surface area contributed by atoms with E-state index >= 15 is 0 Å². The molecule has 0 aromatic carbocycles. The maximum absolute atomic E-state index is 11.6. The molecule has 0 atom stereocenters. The first kappa shape index (κ1) is 13.1. The van der Waals surface area contributed by atoms with Crippen LogP contribution < -0.4 is 5.73 Å². The van der Waals surface area contributed by atoms with E-state index in [0.29, 0.717) is 17.8 Å². The van der Waals surface area contributed by atoms with Gasteiger partial charge in [-0.25, -0.2) is 9.78 Å². The van der Waals surface area contributed by atoms with Gasteiger partial charge in [0.2, 0.25) is 0 Å². The van der Waals surface area contributed by atoms with Crippen LogP contribution in [0, 0.1) is 0 Å². The van der Waals surface area contributed by atoms with E-state index in [-0.39, 0.29) is 11.4 Å². The van der Waals surface area contributed by atoms with Crippen LogP contribution in [0.1, 0.15) is 41.1 Å². The highest BCUT2D eigenvalue weighted by molar-refractivity contribution is 7.13. The summed E-state index contributed by atoms with van der Waals surface area (Å²) in [6.45, 7) is 6.62. The smallest absolute Gasteiger partial charge is 0.350 e. The predicted octanol–water partition coefficient (Wildman–Crippen LogP) is 1.73. The maximum Gasteiger partial charge on any atom is 0.350 e. The molecule has 1 heterocycles. The number of nitrogens with two attached hydrogens (primary N) is 1. The maximum atomic E-state index is 11.6. The topological polar surface area (TPSA) is 65.2 Å². The van der Waals surface area contributed by atoms with Gasteiger partial charge in [-0.1, -0.05) is 20.8 Å². The molecule has 0 saturated carbocycles. The summed E-state index contributed by atoms with van der Waals surface area (Å²) >= 11 is 1.38. The Kier molecular flexibility index (Phi) is 4.04. The lowest BCUT2D eigenvalue weighted by Gasteiger charge is -2.16. The van der Waals surface area contributed by atoms with E-state index in [9.17, 15) is 4.79 Å². The second-order valence-electron chi connectivity index (χ2n) is 4.57. The Morgan fingerprint density at radius 1 is 1.50 bits per heavy atom. The van der Waals surface area contributed by atoms with Gasteiger partial charge in [0.15, 0.2) is 0 Å². The third kappa shape index (κ3) is 2.80. The van der Waals surface area contributed by atoms with Gasteiger partial charge in [-0.05, 0) is 6.54 Å². The summed E-state index contributed by atoms with van der Waals surface area (Å²) in [6, 6.07) is 0. The minimum Gasteiger partial charge on any atom is -0.465 e. The molecule has 0 saturated heterocycles. The summed E-state index contributed by atoms with van der Waals surface area (Å²) in [4.78, 5) is 16.7. The standard InChI is InChI=1S/C11H18N2O2S/c1-11(2,3)9-8(10(14)15-4)16-7(13-9)5-6-12/h5-6,12H2,1-4H3. The number of carbonyl (C=O) groups is 1. The average Bonchev–Trinajstić information content (AvgIpc) is 2.61. The number of hydrogen-bond acceptors (Lipinski definition) is 5. The predicted molar refractivity (Wildman–Crippen MR) is 64.9 cm³/mol. The van der Waals surface area contributed by atoms with Crippen LogP contribution in [0.4, 0.5) is 0 Å². The van der Waals surface area contributed by atoms with Gasteiger partial charge in [-0.15, -0.1) is 11.3 Å². The Morgan fingerprint density at radius 2 is 2.12 bits per heavy atom. The molecule has 0 aliphatic heterocycles. The fourth-order valence-corrected chi connectivity index (χ4v) is 2.54. The summed E-state index contributed by atoms with van der Waals surface area (Å²) < 4.78 is 4.76. The van der Waals surface area contributed by atoms with Crippen molar-refractivity contribution in [2.24, 2.45) is 5.73 Å². The van der Waals surface area contributed by atoms with E-state index < -0.39 is 0 Å². The van der Waals surface area contributed by atoms with Crippen LogP contribution in [0.5, 0.6) is 0 Å². The normalized spacial score (nSPS) is 11.6. The third-order valence-corrected chi connectivity index (χ3v) is 3.21. The summed E-state index contributed by atoms with van der Waals surface area (Å²) in [6.07, 6.45) is 0.699. The van der Waals surface area contributed by atoms with Crippen molar-refractivity contribution < 1.29 is 9.53 Å². The van der Waals surface area contributed by atoms with Gasteiger partial charge >= 0.3 is 5.97 Å². The Balaban J connectivity index is 3.18. The number of carbonyl (C=O) groups excluding carboxylic acids is 1. The van der Waals surface area contributed by atoms with Gasteiger partial charge < -0.3 is 10.5 Å². The van der Waals surface area contributed by atoms with Crippen molar-refractivity contribution in [2.75, 3.05) is 13.7 Å². The van der Waals surface area contributed by atoms with Gasteiger partial charge in [0.05, 0.1) is 17.8 Å². The quantitative estimate of drug-likeness (QED) is 0.820. The van der Waals surface area contributed by atoms with E-state index in [1.54, 1.807) is 0 Å². The highest BCUT2D eigenvalue weighted by Gasteiger charge is 2.27. The largest absolute Gasteiger partial charge is 0.465 e. The first-order chi connectivity index (χ1) is 7.40. The van der Waals surface area contributed by atoms with Crippen LogP contribution in [-0.4, -0.2) is 24.6 Å². The SMILES string of the molecule is COC(=O)c1sc(CCN)nc1C(C)(C)C. The summed E-state index contributed by atoms with van der Waals surface area (Å²) in [7, 11) is 1.39. The van der Waals surface area contributed by atoms with Crippen LogP contribution in [0.3, 0.4) is 0 Å². The van der Waals surface area contributed by atoms with E-state index in [4.69, 9.17) is 10.5 Å². The molecule has 0 amide bonds. The van der Waals surface area contributed by atoms with Crippen LogP contribution >= 0.6 is 11.3 Å². The molecule has 1 aromatic rings. The van der Waals surface area contributed by atoms with Crippen LogP contribution in [-0.2, 0) is 16.6 Å². The van der Waals surface area contributed by atoms with Crippen molar-refractivity contribution in [3.63, 3.8) is 0 Å². The molecule has 0 fully saturated rings. The molecule has 0 radical (unpaired) electrons. The third-order valence-electron chi connectivity index (χ3n) is 2.11. The Morgan fingerprint density at radius 3 is 2.56 bits per heavy atom. The van der Waals surface area contributed by atoms with Gasteiger partial charge in [0.25, 0.3) is 0 Å². The van der Waals surface area contributed by atoms with Gasteiger partial charge in [-0.3, -0.25) is 0 Å². The second-order valence-corrected chi connectivity index (χ2v) is 5.65. The van der Waals surface area contributed by atoms with E-state index in [0.717, 1.165) is 10.7 Å². The van der Waals surface area contributed by atoms with E-state index in [2.05, 4.69) is 4.98 Å². The monoisotopic (exact) mass is 242 g/mol. The molecule has 0 aliphatic rings. The van der Waals surface area contributed by atoms with Crippen LogP contribution in [0.15, 0.2) is 0 Å². The number of ether oxygens (including phenoxy) is 1. The van der Waals surface area contributed by atoms with Crippen molar-refractivity contribution in [3.05, 3.63) is 15.6 Å². The lowest BCUT2D eigenvalue weighted by atomic mass is 9.91.